The molecule has 9 nitrogen and oxygen atoms in total. The Morgan fingerprint density at radius 3 is 2.55 bits per heavy atom. The monoisotopic (exact) mass is 281 g/mol. The van der Waals surface area contributed by atoms with E-state index in [1.807, 2.05) is 0 Å². The fourth-order valence-corrected chi connectivity index (χ4v) is 1.48. The molecule has 3 N–H and O–H groups in total. The van der Waals surface area contributed by atoms with Gasteiger partial charge >= 0.3 is 0 Å². The van der Waals surface area contributed by atoms with Gasteiger partial charge in [-0.15, -0.1) is 0 Å². The van der Waals surface area contributed by atoms with Gasteiger partial charge in [0.2, 0.25) is 5.91 Å². The highest BCUT2D eigenvalue weighted by Gasteiger charge is 2.21. The number of anilines is 1. The van der Waals surface area contributed by atoms with E-state index in [0.29, 0.717) is 0 Å². The summed E-state index contributed by atoms with van der Waals surface area (Å²) in [6, 6.07) is 0.335. The van der Waals surface area contributed by atoms with Crippen molar-refractivity contribution in [2.24, 2.45) is 0 Å². The van der Waals surface area contributed by atoms with Crippen LogP contribution in [0.1, 0.15) is 17.3 Å². The van der Waals surface area contributed by atoms with Gasteiger partial charge in [0, 0.05) is 20.2 Å². The van der Waals surface area contributed by atoms with E-state index in [2.05, 4.69) is 20.9 Å². The van der Waals surface area contributed by atoms with Crippen molar-refractivity contribution in [3.63, 3.8) is 0 Å². The van der Waals surface area contributed by atoms with Gasteiger partial charge in [0.1, 0.15) is 18.1 Å². The summed E-state index contributed by atoms with van der Waals surface area (Å²) in [5.74, 6) is -0.804. The van der Waals surface area contributed by atoms with E-state index in [9.17, 15) is 19.7 Å². The molecule has 0 aliphatic rings. The Kier molecular flexibility index (Phi) is 4.95. The zero-order valence-electron chi connectivity index (χ0n) is 11.3. The van der Waals surface area contributed by atoms with Crippen LogP contribution >= 0.6 is 0 Å². The van der Waals surface area contributed by atoms with Crippen molar-refractivity contribution in [1.29, 1.82) is 0 Å². The molecule has 1 aromatic rings. The summed E-state index contributed by atoms with van der Waals surface area (Å²) >= 11 is 0. The molecule has 0 aliphatic heterocycles. The molecule has 0 radical (unpaired) electrons. The summed E-state index contributed by atoms with van der Waals surface area (Å²) in [4.78, 5) is 37.2. The molecule has 9 heteroatoms. The molecule has 1 atom stereocenters. The maximum atomic E-state index is 12.0. The van der Waals surface area contributed by atoms with Crippen LogP contribution in [0.15, 0.2) is 12.3 Å². The first-order valence-corrected chi connectivity index (χ1v) is 5.75. The zero-order valence-corrected chi connectivity index (χ0v) is 11.3. The minimum Gasteiger partial charge on any atom is -0.372 e. The van der Waals surface area contributed by atoms with Crippen LogP contribution in [-0.2, 0) is 4.79 Å². The van der Waals surface area contributed by atoms with Crippen LogP contribution in [0.2, 0.25) is 0 Å². The number of nitrogens with zero attached hydrogens (tertiary/aromatic N) is 2. The molecule has 0 saturated carbocycles. The first-order valence-electron chi connectivity index (χ1n) is 5.75. The molecule has 0 spiro atoms. The molecule has 20 heavy (non-hydrogen) atoms. The summed E-state index contributed by atoms with van der Waals surface area (Å²) in [5.41, 5.74) is -0.306. The summed E-state index contributed by atoms with van der Waals surface area (Å²) in [7, 11) is 2.98. The number of hydrogen-bond donors (Lipinski definition) is 3. The Balaban J connectivity index is 3.04. The lowest BCUT2D eigenvalue weighted by Crippen LogP contribution is -2.43. The highest BCUT2D eigenvalue weighted by Crippen LogP contribution is 2.18. The number of pyridine rings is 1. The average Bonchev–Trinajstić information content (AvgIpc) is 2.45. The highest BCUT2D eigenvalue weighted by molar-refractivity contribution is 6.01. The molecule has 0 aromatic carbocycles. The van der Waals surface area contributed by atoms with Crippen molar-refractivity contribution < 1.29 is 14.5 Å². The Morgan fingerprint density at radius 1 is 1.40 bits per heavy atom. The van der Waals surface area contributed by atoms with Gasteiger partial charge in [0.25, 0.3) is 11.6 Å². The van der Waals surface area contributed by atoms with Gasteiger partial charge in [-0.2, -0.15) is 0 Å². The molecule has 2 amide bonds. The lowest BCUT2D eigenvalue weighted by molar-refractivity contribution is -0.385. The third-order valence-electron chi connectivity index (χ3n) is 2.55. The van der Waals surface area contributed by atoms with Gasteiger partial charge in [0.05, 0.1) is 10.5 Å². The van der Waals surface area contributed by atoms with Crippen molar-refractivity contribution >= 4 is 23.3 Å². The first-order chi connectivity index (χ1) is 9.40. The average molecular weight is 281 g/mol. The molecule has 1 rings (SSSR count). The van der Waals surface area contributed by atoms with Crippen LogP contribution in [0.5, 0.6) is 0 Å². The van der Waals surface area contributed by atoms with Gasteiger partial charge in [-0.25, -0.2) is 4.98 Å². The predicted molar refractivity (Wildman–Crippen MR) is 71.4 cm³/mol. The number of carbonyl (C=O) groups excluding carboxylic acids is 2. The van der Waals surface area contributed by atoms with Crippen LogP contribution in [0.25, 0.3) is 0 Å². The zero-order chi connectivity index (χ0) is 15.3. The molecular formula is C11H15N5O4. The lowest BCUT2D eigenvalue weighted by Gasteiger charge is -2.13. The van der Waals surface area contributed by atoms with Crippen LogP contribution < -0.4 is 16.0 Å². The molecule has 0 fully saturated rings. The normalized spacial score (nSPS) is 11.3. The van der Waals surface area contributed by atoms with E-state index in [1.54, 1.807) is 0 Å². The summed E-state index contributed by atoms with van der Waals surface area (Å²) < 4.78 is 0. The molecule has 1 aromatic heterocycles. The van der Waals surface area contributed by atoms with E-state index in [-0.39, 0.29) is 23.0 Å². The highest BCUT2D eigenvalue weighted by atomic mass is 16.6. The molecule has 1 unspecified atom stereocenters. The first kappa shape index (κ1) is 15.3. The topological polar surface area (TPSA) is 126 Å². The maximum absolute atomic E-state index is 12.0. The Bertz CT molecular complexity index is 546. The van der Waals surface area contributed by atoms with Gasteiger partial charge in [-0.1, -0.05) is 0 Å². The van der Waals surface area contributed by atoms with Gasteiger partial charge < -0.3 is 16.0 Å². The Hall–Kier alpha value is -2.71. The van der Waals surface area contributed by atoms with Gasteiger partial charge in [-0.05, 0) is 6.92 Å². The van der Waals surface area contributed by atoms with Crippen molar-refractivity contribution in [2.45, 2.75) is 13.0 Å². The number of amides is 2. The van der Waals surface area contributed by atoms with E-state index in [0.717, 1.165) is 12.3 Å². The second-order valence-corrected chi connectivity index (χ2v) is 3.91. The van der Waals surface area contributed by atoms with E-state index in [4.69, 9.17) is 0 Å². The number of likely N-dealkylation sites (N-methyl/N-ethyl adjacent to an activating group) is 1. The van der Waals surface area contributed by atoms with Gasteiger partial charge in [0.15, 0.2) is 0 Å². The minimum absolute atomic E-state index is 0.00236. The van der Waals surface area contributed by atoms with E-state index < -0.39 is 16.9 Å². The van der Waals surface area contributed by atoms with E-state index in [1.165, 1.54) is 21.0 Å². The second kappa shape index (κ2) is 6.45. The smallest absolute Gasteiger partial charge is 0.288 e. The standard InChI is InChI=1S/C11H15N5O4/c1-6(10(17)13-3)15-11(18)8-4-7(16(19)20)5-14-9(8)12-2/h4-6H,1-3H3,(H,12,14)(H,13,17)(H,15,18). The van der Waals surface area contributed by atoms with Crippen LogP contribution in [0, 0.1) is 10.1 Å². The van der Waals surface area contributed by atoms with Crippen molar-refractivity contribution in [3.05, 3.63) is 27.9 Å². The number of nitro groups is 1. The largest absolute Gasteiger partial charge is 0.372 e. The maximum Gasteiger partial charge on any atom is 0.288 e. The van der Waals surface area contributed by atoms with Crippen molar-refractivity contribution in [2.75, 3.05) is 19.4 Å². The number of rotatable bonds is 5. The quantitative estimate of drug-likeness (QED) is 0.511. The summed E-state index contributed by atoms with van der Waals surface area (Å²) in [6.45, 7) is 1.50. The molecule has 0 aliphatic carbocycles. The molecule has 0 saturated heterocycles. The predicted octanol–water partition coefficient (Wildman–Crippen LogP) is -0.104. The third-order valence-corrected chi connectivity index (χ3v) is 2.55. The van der Waals surface area contributed by atoms with Crippen molar-refractivity contribution in [1.82, 2.24) is 15.6 Å². The summed E-state index contributed by atoms with van der Waals surface area (Å²) in [6.07, 6.45) is 1.05. The van der Waals surface area contributed by atoms with Crippen LogP contribution in [0.3, 0.4) is 0 Å². The van der Waals surface area contributed by atoms with E-state index >= 15 is 0 Å². The van der Waals surface area contributed by atoms with Crippen molar-refractivity contribution in [3.8, 4) is 0 Å². The summed E-state index contributed by atoms with van der Waals surface area (Å²) in [5, 5.41) is 18.2. The fraction of sp³-hybridized carbons (Fsp3) is 0.364. The number of nitrogens with one attached hydrogen (secondary N) is 3. The molecule has 0 bridgehead atoms. The minimum atomic E-state index is -0.767. The van der Waals surface area contributed by atoms with Gasteiger partial charge in [-0.3, -0.25) is 19.7 Å². The SMILES string of the molecule is CNC(=O)C(C)NC(=O)c1cc([N+](=O)[O-])cnc1NC. The Labute approximate surface area is 114 Å². The molecular weight excluding hydrogens is 266 g/mol. The van der Waals surface area contributed by atoms with Crippen LogP contribution in [0.4, 0.5) is 11.5 Å². The molecule has 108 valence electrons. The number of carbonyl (C=O) groups is 2. The second-order valence-electron chi connectivity index (χ2n) is 3.91. The number of hydrogen-bond acceptors (Lipinski definition) is 6. The third kappa shape index (κ3) is 3.40. The molecule has 1 heterocycles. The Morgan fingerprint density at radius 2 is 2.05 bits per heavy atom. The fourth-order valence-electron chi connectivity index (χ4n) is 1.48. The number of aromatic nitrogens is 1. The van der Waals surface area contributed by atoms with Crippen LogP contribution in [-0.4, -0.2) is 41.9 Å². The lowest BCUT2D eigenvalue weighted by atomic mass is 10.2.